The van der Waals surface area contributed by atoms with Crippen LogP contribution in [0.25, 0.3) is 0 Å². The number of aliphatic hydroxyl groups excluding tert-OH is 4. The summed E-state index contributed by atoms with van der Waals surface area (Å²) < 4.78 is 16.6. The number of benzene rings is 2. The minimum atomic E-state index is -1.55. The molecule has 2 heterocycles. The number of rotatable bonds is 4. The second-order valence-electron chi connectivity index (χ2n) is 7.46. The topological polar surface area (TPSA) is 166 Å². The number of phenolic OH excluding ortho intramolecular Hbond substituents is 2. The van der Waals surface area contributed by atoms with Crippen LogP contribution >= 0.6 is 0 Å². The molecule has 0 aromatic heterocycles. The molecule has 6 N–H and O–H groups in total. The Morgan fingerprint density at radius 1 is 1.00 bits per heavy atom. The van der Waals surface area contributed by atoms with E-state index in [2.05, 4.69) is 0 Å². The summed E-state index contributed by atoms with van der Waals surface area (Å²) in [6, 6.07) is 8.68. The SMILES string of the molecule is O=C1C[C@@H](c2ccc(O[C@H]3O[C@H](CO)[C@@H](O)[C@H](O)[C@H]3O)cc2)Oc2cc(O)cc(O)c21. The molecule has 2 aromatic carbocycles. The first-order valence-corrected chi connectivity index (χ1v) is 9.61. The highest BCUT2D eigenvalue weighted by atomic mass is 16.7. The molecule has 1 saturated heterocycles. The first kappa shape index (κ1) is 21.3. The molecule has 4 rings (SSSR count). The quantitative estimate of drug-likeness (QED) is 0.385. The van der Waals surface area contributed by atoms with Gasteiger partial charge in [-0.15, -0.1) is 0 Å². The minimum absolute atomic E-state index is 0.0156. The molecule has 0 saturated carbocycles. The summed E-state index contributed by atoms with van der Waals surface area (Å²) in [5.74, 6) is -0.550. The Morgan fingerprint density at radius 2 is 1.71 bits per heavy atom. The van der Waals surface area contributed by atoms with E-state index < -0.39 is 43.4 Å². The number of aromatic hydroxyl groups is 2. The molecule has 31 heavy (non-hydrogen) atoms. The Kier molecular flexibility index (Phi) is 5.73. The summed E-state index contributed by atoms with van der Waals surface area (Å²) in [4.78, 5) is 12.4. The zero-order valence-electron chi connectivity index (χ0n) is 16.2. The van der Waals surface area contributed by atoms with E-state index in [4.69, 9.17) is 14.2 Å². The van der Waals surface area contributed by atoms with Gasteiger partial charge in [-0.05, 0) is 17.7 Å². The van der Waals surface area contributed by atoms with Crippen LogP contribution in [0.5, 0.6) is 23.0 Å². The zero-order valence-corrected chi connectivity index (χ0v) is 16.2. The van der Waals surface area contributed by atoms with E-state index in [-0.39, 0.29) is 40.8 Å². The maximum absolute atomic E-state index is 12.4. The van der Waals surface area contributed by atoms with Crippen molar-refractivity contribution in [1.82, 2.24) is 0 Å². The zero-order chi connectivity index (χ0) is 22.3. The predicted octanol–water partition coefficient (Wildman–Crippen LogP) is -0.0170. The van der Waals surface area contributed by atoms with Crippen LogP contribution in [0.3, 0.4) is 0 Å². The number of hydrogen-bond acceptors (Lipinski definition) is 10. The Labute approximate surface area is 176 Å². The number of carbonyl (C=O) groups excluding carboxylic acids is 1. The molecule has 10 nitrogen and oxygen atoms in total. The van der Waals surface area contributed by atoms with E-state index in [1.807, 2.05) is 0 Å². The number of hydrogen-bond donors (Lipinski definition) is 6. The number of carbonyl (C=O) groups is 1. The van der Waals surface area contributed by atoms with Gasteiger partial charge in [0, 0.05) is 12.1 Å². The van der Waals surface area contributed by atoms with Gasteiger partial charge in [0.1, 0.15) is 59.1 Å². The Balaban J connectivity index is 1.48. The number of Topliss-reactive ketones (excluding diaryl/α,β-unsaturated/α-hetero) is 1. The molecule has 0 amide bonds. The van der Waals surface area contributed by atoms with Gasteiger partial charge in [0.15, 0.2) is 5.78 Å². The fourth-order valence-electron chi connectivity index (χ4n) is 3.67. The van der Waals surface area contributed by atoms with Gasteiger partial charge in [-0.2, -0.15) is 0 Å². The smallest absolute Gasteiger partial charge is 0.229 e. The molecule has 2 aliphatic heterocycles. The number of fused-ring (bicyclic) bond motifs is 1. The Morgan fingerprint density at radius 3 is 2.39 bits per heavy atom. The average molecular weight is 434 g/mol. The molecular formula is C21H22O10. The molecule has 0 bridgehead atoms. The van der Waals surface area contributed by atoms with E-state index in [9.17, 15) is 35.4 Å². The summed E-state index contributed by atoms with van der Waals surface area (Å²) in [5, 5.41) is 58.5. The average Bonchev–Trinajstić information content (AvgIpc) is 2.73. The number of ketones is 1. The van der Waals surface area contributed by atoms with Gasteiger partial charge >= 0.3 is 0 Å². The van der Waals surface area contributed by atoms with E-state index in [1.165, 1.54) is 6.07 Å². The van der Waals surface area contributed by atoms with Gasteiger partial charge in [0.05, 0.1) is 13.0 Å². The van der Waals surface area contributed by atoms with Crippen molar-refractivity contribution < 1.29 is 49.6 Å². The van der Waals surface area contributed by atoms with Gasteiger partial charge in [-0.25, -0.2) is 0 Å². The van der Waals surface area contributed by atoms with E-state index in [1.54, 1.807) is 24.3 Å². The van der Waals surface area contributed by atoms with Crippen LogP contribution in [0.4, 0.5) is 0 Å². The normalized spacial score (nSPS) is 30.4. The van der Waals surface area contributed by atoms with Crippen molar-refractivity contribution in [1.29, 1.82) is 0 Å². The molecule has 0 spiro atoms. The first-order chi connectivity index (χ1) is 14.8. The molecule has 0 unspecified atom stereocenters. The third-order valence-electron chi connectivity index (χ3n) is 5.34. The monoisotopic (exact) mass is 434 g/mol. The summed E-state index contributed by atoms with van der Waals surface area (Å²) in [6.45, 7) is -0.566. The lowest BCUT2D eigenvalue weighted by Gasteiger charge is -2.39. The Bertz CT molecular complexity index is 957. The maximum atomic E-state index is 12.4. The van der Waals surface area contributed by atoms with Crippen molar-refractivity contribution in [2.45, 2.75) is 43.2 Å². The maximum Gasteiger partial charge on any atom is 0.229 e. The second-order valence-corrected chi connectivity index (χ2v) is 7.46. The lowest BCUT2D eigenvalue weighted by atomic mass is 9.95. The van der Waals surface area contributed by atoms with Crippen LogP contribution in [-0.2, 0) is 4.74 Å². The molecule has 0 aliphatic carbocycles. The summed E-state index contributed by atoms with van der Waals surface area (Å²) in [6.07, 6.45) is -7.63. The van der Waals surface area contributed by atoms with Crippen LogP contribution in [0.1, 0.15) is 28.4 Å². The van der Waals surface area contributed by atoms with Crippen LogP contribution < -0.4 is 9.47 Å². The van der Waals surface area contributed by atoms with Crippen LogP contribution in [0, 0.1) is 0 Å². The fraction of sp³-hybridized carbons (Fsp3) is 0.381. The third-order valence-corrected chi connectivity index (χ3v) is 5.34. The number of phenols is 2. The molecule has 6 atom stereocenters. The van der Waals surface area contributed by atoms with Crippen molar-refractivity contribution in [3.63, 3.8) is 0 Å². The number of aliphatic hydroxyl groups is 4. The summed E-state index contributed by atoms with van der Waals surface area (Å²) in [7, 11) is 0. The molecule has 2 aromatic rings. The van der Waals surface area contributed by atoms with Gasteiger partial charge in [-0.3, -0.25) is 4.79 Å². The molecule has 10 heteroatoms. The summed E-state index contributed by atoms with van der Waals surface area (Å²) in [5.41, 5.74) is 0.652. The predicted molar refractivity (Wildman–Crippen MR) is 103 cm³/mol. The van der Waals surface area contributed by atoms with E-state index in [0.29, 0.717) is 5.56 Å². The largest absolute Gasteiger partial charge is 0.508 e. The second kappa shape index (κ2) is 8.33. The van der Waals surface area contributed by atoms with Crippen molar-refractivity contribution in [3.05, 3.63) is 47.5 Å². The Hall–Kier alpha value is -2.89. The third kappa shape index (κ3) is 4.03. The lowest BCUT2D eigenvalue weighted by molar-refractivity contribution is -0.277. The van der Waals surface area contributed by atoms with Crippen LogP contribution in [0.2, 0.25) is 0 Å². The molecule has 1 fully saturated rings. The number of ether oxygens (including phenoxy) is 3. The van der Waals surface area contributed by atoms with Gasteiger partial charge < -0.3 is 44.8 Å². The fourth-order valence-corrected chi connectivity index (χ4v) is 3.67. The van der Waals surface area contributed by atoms with E-state index in [0.717, 1.165) is 6.07 Å². The highest BCUT2D eigenvalue weighted by Gasteiger charge is 2.44. The minimum Gasteiger partial charge on any atom is -0.508 e. The van der Waals surface area contributed by atoms with Crippen LogP contribution in [-0.4, -0.2) is 73.7 Å². The molecule has 2 aliphatic rings. The van der Waals surface area contributed by atoms with Gasteiger partial charge in [0.25, 0.3) is 0 Å². The highest BCUT2D eigenvalue weighted by molar-refractivity contribution is 6.02. The first-order valence-electron chi connectivity index (χ1n) is 9.61. The van der Waals surface area contributed by atoms with Crippen molar-refractivity contribution in [3.8, 4) is 23.0 Å². The van der Waals surface area contributed by atoms with Gasteiger partial charge in [0.2, 0.25) is 6.29 Å². The van der Waals surface area contributed by atoms with E-state index >= 15 is 0 Å². The van der Waals surface area contributed by atoms with Crippen molar-refractivity contribution in [2.24, 2.45) is 0 Å². The van der Waals surface area contributed by atoms with Crippen molar-refractivity contribution in [2.75, 3.05) is 6.61 Å². The van der Waals surface area contributed by atoms with Gasteiger partial charge in [-0.1, -0.05) is 12.1 Å². The molecular weight excluding hydrogens is 412 g/mol. The molecule has 0 radical (unpaired) electrons. The lowest BCUT2D eigenvalue weighted by Crippen LogP contribution is -2.60. The summed E-state index contributed by atoms with van der Waals surface area (Å²) >= 11 is 0. The van der Waals surface area contributed by atoms with Crippen molar-refractivity contribution >= 4 is 5.78 Å². The van der Waals surface area contributed by atoms with Crippen LogP contribution in [0.15, 0.2) is 36.4 Å². The standard InChI is InChI=1S/C21H22O10/c22-8-16-18(26)19(27)20(28)21(31-16)29-11-3-1-9(2-4-11)14-7-13(25)17-12(24)5-10(23)6-15(17)30-14/h1-6,14,16,18-24,26-28H,7-8H2/t14-,16+,18+,19-,20+,21-/m0/s1. The molecule has 166 valence electrons. The highest BCUT2D eigenvalue weighted by Crippen LogP contribution is 2.41.